The molecule has 6 aliphatic heterocycles. The van der Waals surface area contributed by atoms with E-state index in [0.717, 1.165) is 56.8 Å². The molecule has 38 heteroatoms. The quantitative estimate of drug-likeness (QED) is 0.0187. The van der Waals surface area contributed by atoms with Gasteiger partial charge < -0.3 is 52.0 Å². The molecular weight excluding hydrogens is 1120 g/mol. The summed E-state index contributed by atoms with van der Waals surface area (Å²) in [5.74, 6) is -9.78. The first-order valence-electron chi connectivity index (χ1n) is 19.5. The van der Waals surface area contributed by atoms with Crippen LogP contribution < -0.4 is 22.1 Å². The second kappa shape index (κ2) is 21.5. The Kier molecular flexibility index (Phi) is 16.2. The SMILES string of the molecule is CO[C@@]1(NC(=O)C2SC(=C(C(N)=O)C(=O)O)S2)C(=O)N2C(C(=O)O)=C(CSc3nnnn3C)CS[C@@H]21.CO[C@@]1(NC(=O)C2SC(=C(C(N)=O)C(=O)O)S2)C(=O)N2C(C(=O)O)=C(CSc3nnnn3C)CS[C@@H]21. The zero-order valence-corrected chi connectivity index (χ0v) is 43.3. The van der Waals surface area contributed by atoms with Gasteiger partial charge in [-0.2, -0.15) is 0 Å². The molecule has 0 aliphatic carbocycles. The minimum absolute atomic E-state index is 0.0755. The van der Waals surface area contributed by atoms with Crippen LogP contribution in [0.2, 0.25) is 0 Å². The van der Waals surface area contributed by atoms with Gasteiger partial charge in [0.15, 0.2) is 0 Å². The second-order valence-electron chi connectivity index (χ2n) is 14.6. The van der Waals surface area contributed by atoms with Crippen LogP contribution in [0.15, 0.2) is 52.5 Å². The fourth-order valence-electron chi connectivity index (χ4n) is 7.03. The molecule has 2 aromatic heterocycles. The number of nitrogens with two attached hydrogens (primary N) is 2. The van der Waals surface area contributed by atoms with Gasteiger partial charge in [0.1, 0.15) is 42.5 Å². The van der Waals surface area contributed by atoms with Gasteiger partial charge in [-0.3, -0.25) is 38.6 Å². The number of primary amides is 2. The molecule has 4 fully saturated rings. The summed E-state index contributed by atoms with van der Waals surface area (Å²) in [6.45, 7) is 0. The highest BCUT2D eigenvalue weighted by atomic mass is 32.3. The number of methoxy groups -OCH3 is 2. The molecule has 10 N–H and O–H groups in total. The summed E-state index contributed by atoms with van der Waals surface area (Å²) in [6, 6.07) is 0. The van der Waals surface area contributed by atoms with Crippen molar-refractivity contribution in [1.29, 1.82) is 0 Å². The number of hydrogen-bond donors (Lipinski definition) is 8. The fourth-order valence-corrected chi connectivity index (χ4v) is 16.3. The van der Waals surface area contributed by atoms with Gasteiger partial charge in [0.2, 0.25) is 22.1 Å². The lowest BCUT2D eigenvalue weighted by atomic mass is 9.98. The van der Waals surface area contributed by atoms with Gasteiger partial charge in [-0.05, 0) is 32.0 Å². The number of nitrogens with one attached hydrogen (secondary N) is 2. The summed E-state index contributed by atoms with van der Waals surface area (Å²) < 4.78 is 12.1. The van der Waals surface area contributed by atoms with Crippen molar-refractivity contribution >= 4 is 153 Å². The Hall–Kier alpha value is -5.48. The number of fused-ring (bicyclic) bond motifs is 2. The minimum atomic E-state index is -1.81. The summed E-state index contributed by atoms with van der Waals surface area (Å²) in [5, 5.41) is 64.4. The number of ether oxygens (including phenoxy) is 2. The Morgan fingerprint density at radius 1 is 0.653 bits per heavy atom. The van der Waals surface area contributed by atoms with Gasteiger partial charge in [-0.1, -0.05) is 70.6 Å². The number of thioether (sulfide) groups is 8. The van der Waals surface area contributed by atoms with Crippen molar-refractivity contribution in [2.75, 3.05) is 37.2 Å². The first kappa shape index (κ1) is 54.3. The van der Waals surface area contributed by atoms with E-state index < -0.39 is 102 Å². The van der Waals surface area contributed by atoms with Crippen molar-refractivity contribution < 1.29 is 77.8 Å². The number of carboxylic acid groups (broad SMARTS) is 4. The van der Waals surface area contributed by atoms with Gasteiger partial charge >= 0.3 is 23.9 Å². The molecule has 0 bridgehead atoms. The number of β-lactam (4-membered cyclic amide) rings is 2. The Morgan fingerprint density at radius 2 is 1.00 bits per heavy atom. The second-order valence-corrected chi connectivity index (χ2v) is 24.2. The molecule has 8 heterocycles. The smallest absolute Gasteiger partial charge is 0.352 e. The van der Waals surface area contributed by atoms with Crippen molar-refractivity contribution in [3.63, 3.8) is 0 Å². The highest BCUT2D eigenvalue weighted by Crippen LogP contribution is 2.55. The third-order valence-electron chi connectivity index (χ3n) is 10.4. The predicted molar refractivity (Wildman–Crippen MR) is 256 cm³/mol. The number of aliphatic carboxylic acids is 4. The molecule has 30 nitrogen and oxygen atoms in total. The maximum absolute atomic E-state index is 13.2. The van der Waals surface area contributed by atoms with Gasteiger partial charge in [0.25, 0.3) is 35.1 Å². The standard InChI is InChI=1S/2C17H17N7O8S4/c2*1-23-16(20-21-22-23)34-4-5-3-33-15-17(32-2,14(31)24(15)7(5)11(29)30)19-9(26)13-35-12(36-13)6(8(18)25)10(27)28/h2*13,15H,3-4H2,1-2H3,(H2,18,25)(H,19,26)(H,27,28)(H,29,30)/t2*13?,15-,17+/m11/s1. The van der Waals surface area contributed by atoms with E-state index in [2.05, 4.69) is 41.7 Å². The largest absolute Gasteiger partial charge is 0.477 e. The third-order valence-corrected chi connectivity index (χ3v) is 21.0. The number of tetrazole rings is 2. The normalized spacial score (nSPS) is 25.0. The van der Waals surface area contributed by atoms with Crippen LogP contribution in [0, 0.1) is 0 Å². The molecule has 72 heavy (non-hydrogen) atoms. The van der Waals surface area contributed by atoms with Crippen LogP contribution in [0.25, 0.3) is 0 Å². The molecule has 0 saturated carbocycles. The molecule has 384 valence electrons. The maximum atomic E-state index is 13.2. The van der Waals surface area contributed by atoms with Crippen molar-refractivity contribution in [1.82, 2.24) is 60.8 Å². The summed E-state index contributed by atoms with van der Waals surface area (Å²) in [6.07, 6.45) is 0. The molecule has 6 aliphatic rings. The van der Waals surface area contributed by atoms with E-state index in [0.29, 0.717) is 21.5 Å². The van der Waals surface area contributed by atoms with Crippen molar-refractivity contribution in [3.05, 3.63) is 42.2 Å². The highest BCUT2D eigenvalue weighted by Gasteiger charge is 2.68. The lowest BCUT2D eigenvalue weighted by molar-refractivity contribution is -0.192. The van der Waals surface area contributed by atoms with Gasteiger partial charge in [-0.25, -0.2) is 28.5 Å². The van der Waals surface area contributed by atoms with Gasteiger partial charge in [-0.15, -0.1) is 33.7 Å². The first-order valence-corrected chi connectivity index (χ1v) is 27.1. The number of hydrogen-bond acceptors (Lipinski definition) is 26. The van der Waals surface area contributed by atoms with E-state index in [1.807, 2.05) is 0 Å². The van der Waals surface area contributed by atoms with E-state index in [1.54, 1.807) is 14.1 Å². The van der Waals surface area contributed by atoms with E-state index in [-0.39, 0.29) is 42.9 Å². The number of amides is 6. The summed E-state index contributed by atoms with van der Waals surface area (Å²) in [4.78, 5) is 123. The van der Waals surface area contributed by atoms with Crippen LogP contribution in [0.3, 0.4) is 0 Å². The number of aryl methyl sites for hydroxylation is 2. The zero-order chi connectivity index (χ0) is 52.7. The first-order chi connectivity index (χ1) is 34.0. The fraction of sp³-hybridized carbons (Fsp3) is 0.412. The molecule has 8 rings (SSSR count). The zero-order valence-electron chi connectivity index (χ0n) is 36.7. The van der Waals surface area contributed by atoms with E-state index in [4.69, 9.17) is 31.2 Å². The minimum Gasteiger partial charge on any atom is -0.477 e. The summed E-state index contributed by atoms with van der Waals surface area (Å²) in [5.41, 5.74) is 5.86. The van der Waals surface area contributed by atoms with Crippen LogP contribution >= 0.6 is 94.1 Å². The number of carbonyl (C=O) groups is 10. The Bertz CT molecular complexity index is 2640. The lowest BCUT2D eigenvalue weighted by Gasteiger charge is -2.56. The highest BCUT2D eigenvalue weighted by molar-refractivity contribution is 8.39. The van der Waals surface area contributed by atoms with Crippen molar-refractivity contribution in [2.45, 2.75) is 41.7 Å². The molecule has 4 atom stereocenters. The Balaban J connectivity index is 0.000000211. The van der Waals surface area contributed by atoms with Crippen molar-refractivity contribution in [3.8, 4) is 0 Å². The monoisotopic (exact) mass is 1150 g/mol. The molecule has 6 amide bonds. The molecule has 4 saturated heterocycles. The van der Waals surface area contributed by atoms with E-state index >= 15 is 0 Å². The Labute approximate surface area is 436 Å². The van der Waals surface area contributed by atoms with Gasteiger partial charge in [0.05, 0.1) is 8.47 Å². The van der Waals surface area contributed by atoms with Gasteiger partial charge in [0, 0.05) is 51.3 Å². The topological polar surface area (TPSA) is 440 Å². The number of carbonyl (C=O) groups excluding carboxylic acids is 6. The van der Waals surface area contributed by atoms with Crippen LogP contribution in [0.5, 0.6) is 0 Å². The van der Waals surface area contributed by atoms with Crippen LogP contribution in [-0.2, 0) is 71.5 Å². The Morgan fingerprint density at radius 3 is 1.26 bits per heavy atom. The van der Waals surface area contributed by atoms with Crippen LogP contribution in [0.4, 0.5) is 0 Å². The summed E-state index contributed by atoms with van der Waals surface area (Å²) >= 11 is 8.13. The van der Waals surface area contributed by atoms with Crippen LogP contribution in [-0.4, -0.2) is 199 Å². The summed E-state index contributed by atoms with van der Waals surface area (Å²) in [7, 11) is 5.72. The number of nitrogens with zero attached hydrogens (tertiary/aromatic N) is 10. The van der Waals surface area contributed by atoms with E-state index in [1.165, 1.54) is 70.6 Å². The molecule has 2 aromatic rings. The predicted octanol–water partition coefficient (Wildman–Crippen LogP) is -2.79. The number of rotatable bonds is 18. The number of carboxylic acids is 4. The molecule has 0 unspecified atom stereocenters. The average Bonchev–Trinajstić information content (AvgIpc) is 3.91. The van der Waals surface area contributed by atoms with E-state index in [9.17, 15) is 58.2 Å². The molecule has 0 spiro atoms. The van der Waals surface area contributed by atoms with Crippen molar-refractivity contribution in [2.24, 2.45) is 25.6 Å². The van der Waals surface area contributed by atoms with Crippen LogP contribution in [0.1, 0.15) is 0 Å². The molecule has 0 aromatic carbocycles. The molecule has 0 radical (unpaired) electrons. The third kappa shape index (κ3) is 9.86. The lowest BCUT2D eigenvalue weighted by Crippen LogP contribution is -2.81. The maximum Gasteiger partial charge on any atom is 0.352 e. The molecular formula is C34H34N14O16S8. The number of aromatic nitrogens is 8. The average molecular weight is 1150 g/mol.